The van der Waals surface area contributed by atoms with E-state index in [0.29, 0.717) is 27.9 Å². The summed E-state index contributed by atoms with van der Waals surface area (Å²) in [5.41, 5.74) is 3.59. The first kappa shape index (κ1) is 28.4. The number of nitrogens with one attached hydrogen (secondary N) is 1. The Hall–Kier alpha value is -3.16. The first-order chi connectivity index (χ1) is 19.2. The zero-order valence-corrected chi connectivity index (χ0v) is 24.9. The molecule has 210 valence electrons. The summed E-state index contributed by atoms with van der Waals surface area (Å²) in [5, 5.41) is 4.39. The quantitative estimate of drug-likeness (QED) is 0.295. The fourth-order valence-electron chi connectivity index (χ4n) is 5.35. The lowest BCUT2D eigenvalue weighted by Gasteiger charge is -2.33. The summed E-state index contributed by atoms with van der Waals surface area (Å²) in [6, 6.07) is 14.7. The largest absolute Gasteiger partial charge is 0.484 e. The van der Waals surface area contributed by atoms with Crippen molar-refractivity contribution in [2.75, 3.05) is 25.0 Å². The molecule has 2 aliphatic rings. The van der Waals surface area contributed by atoms with Gasteiger partial charge >= 0.3 is 0 Å². The molecule has 8 heteroatoms. The molecule has 1 N–H and O–H groups in total. The standard InChI is InChI=1S/C32H36ClN3O3S/c1-32(2,3)22-8-15-26-27(18-22)40-31(29(26)30(38)35-24-11-9-23(33)10-12-24)34-19-21-6-13-25(14-7-21)39-20-28(37)36-16-4-5-17-36/h6-7,9-14,19,22H,4-5,8,15-18,20H2,1-3H3,(H,35,38)/t22-/m0/s1. The highest BCUT2D eigenvalue weighted by atomic mass is 35.5. The summed E-state index contributed by atoms with van der Waals surface area (Å²) in [6.07, 6.45) is 6.80. The molecule has 0 spiro atoms. The van der Waals surface area contributed by atoms with Gasteiger partial charge in [0.2, 0.25) is 0 Å². The van der Waals surface area contributed by atoms with Gasteiger partial charge in [0.05, 0.1) is 5.56 Å². The van der Waals surface area contributed by atoms with Crippen LogP contribution in [0.3, 0.4) is 0 Å². The number of benzene rings is 2. The number of fused-ring (bicyclic) bond motifs is 1. The van der Waals surface area contributed by atoms with Gasteiger partial charge in [-0.25, -0.2) is 4.99 Å². The highest BCUT2D eigenvalue weighted by Crippen LogP contribution is 2.45. The molecule has 1 aliphatic carbocycles. The number of amides is 2. The number of anilines is 1. The fraction of sp³-hybridized carbons (Fsp3) is 0.406. The van der Waals surface area contributed by atoms with Crippen LogP contribution in [-0.2, 0) is 17.6 Å². The molecule has 1 saturated heterocycles. The van der Waals surface area contributed by atoms with Gasteiger partial charge in [0.15, 0.2) is 6.61 Å². The van der Waals surface area contributed by atoms with Crippen LogP contribution in [-0.4, -0.2) is 42.6 Å². The second-order valence-electron chi connectivity index (χ2n) is 11.7. The molecule has 2 heterocycles. The van der Waals surface area contributed by atoms with Gasteiger partial charge in [0.25, 0.3) is 11.8 Å². The molecule has 1 fully saturated rings. The Bertz CT molecular complexity index is 1380. The van der Waals surface area contributed by atoms with E-state index < -0.39 is 0 Å². The summed E-state index contributed by atoms with van der Waals surface area (Å²) in [7, 11) is 0. The molecule has 6 nitrogen and oxygen atoms in total. The average Bonchev–Trinajstić information content (AvgIpc) is 3.60. The van der Waals surface area contributed by atoms with E-state index in [1.807, 2.05) is 29.2 Å². The van der Waals surface area contributed by atoms with Crippen LogP contribution in [0.25, 0.3) is 0 Å². The number of halogens is 1. The minimum atomic E-state index is -0.146. The predicted octanol–water partition coefficient (Wildman–Crippen LogP) is 7.56. The van der Waals surface area contributed by atoms with E-state index in [2.05, 4.69) is 26.1 Å². The first-order valence-corrected chi connectivity index (χ1v) is 15.1. The van der Waals surface area contributed by atoms with Crippen LogP contribution in [0.15, 0.2) is 53.5 Å². The van der Waals surface area contributed by atoms with Gasteiger partial charge in [0, 0.05) is 34.9 Å². The molecule has 40 heavy (non-hydrogen) atoms. The molecule has 2 amide bonds. The van der Waals surface area contributed by atoms with Crippen LogP contribution in [0.2, 0.25) is 5.02 Å². The fourth-order valence-corrected chi connectivity index (χ4v) is 6.74. The lowest BCUT2D eigenvalue weighted by Crippen LogP contribution is -2.32. The van der Waals surface area contributed by atoms with Crippen LogP contribution < -0.4 is 10.1 Å². The third-order valence-electron chi connectivity index (χ3n) is 7.83. The lowest BCUT2D eigenvalue weighted by atomic mass is 9.72. The predicted molar refractivity (Wildman–Crippen MR) is 164 cm³/mol. The smallest absolute Gasteiger partial charge is 0.260 e. The normalized spacial score (nSPS) is 17.2. The van der Waals surface area contributed by atoms with Crippen molar-refractivity contribution in [2.24, 2.45) is 16.3 Å². The van der Waals surface area contributed by atoms with Crippen LogP contribution in [0.4, 0.5) is 10.7 Å². The number of nitrogens with zero attached hydrogens (tertiary/aromatic N) is 2. The maximum atomic E-state index is 13.6. The SMILES string of the molecule is CC(C)(C)[C@H]1CCc2c(sc(N=Cc3ccc(OCC(=O)N4CCCC4)cc3)c2C(=O)Nc2ccc(Cl)cc2)C1. The van der Waals surface area contributed by atoms with Gasteiger partial charge < -0.3 is 15.0 Å². The molecule has 0 saturated carbocycles. The topological polar surface area (TPSA) is 71.0 Å². The molecular formula is C32H36ClN3O3S. The lowest BCUT2D eigenvalue weighted by molar-refractivity contribution is -0.132. The highest BCUT2D eigenvalue weighted by Gasteiger charge is 2.33. The van der Waals surface area contributed by atoms with Crippen molar-refractivity contribution in [2.45, 2.75) is 52.9 Å². The Morgan fingerprint density at radius 3 is 2.48 bits per heavy atom. The van der Waals surface area contributed by atoms with E-state index in [1.165, 1.54) is 4.88 Å². The van der Waals surface area contributed by atoms with E-state index in [4.69, 9.17) is 21.3 Å². The number of ether oxygens (including phenoxy) is 1. The van der Waals surface area contributed by atoms with Crippen molar-refractivity contribution in [1.29, 1.82) is 0 Å². The second-order valence-corrected chi connectivity index (χ2v) is 13.2. The van der Waals surface area contributed by atoms with Crippen molar-refractivity contribution >= 4 is 51.7 Å². The van der Waals surface area contributed by atoms with Crippen LogP contribution in [0.5, 0.6) is 5.75 Å². The zero-order valence-electron chi connectivity index (χ0n) is 23.3. The molecule has 0 unspecified atom stereocenters. The molecule has 0 bridgehead atoms. The van der Waals surface area contributed by atoms with E-state index in [1.54, 1.807) is 41.8 Å². The molecule has 1 atom stereocenters. The number of likely N-dealkylation sites (tertiary alicyclic amines) is 1. The summed E-state index contributed by atoms with van der Waals surface area (Å²) in [4.78, 5) is 33.7. The van der Waals surface area contributed by atoms with Crippen molar-refractivity contribution in [3.05, 3.63) is 75.1 Å². The van der Waals surface area contributed by atoms with Crippen LogP contribution in [0.1, 0.15) is 66.4 Å². The van der Waals surface area contributed by atoms with Crippen LogP contribution >= 0.6 is 22.9 Å². The van der Waals surface area contributed by atoms with Gasteiger partial charge in [-0.2, -0.15) is 0 Å². The minimum Gasteiger partial charge on any atom is -0.484 e. The van der Waals surface area contributed by atoms with Crippen LogP contribution in [0, 0.1) is 11.3 Å². The molecule has 1 aromatic heterocycles. The van der Waals surface area contributed by atoms with Crippen molar-refractivity contribution < 1.29 is 14.3 Å². The molecule has 0 radical (unpaired) electrons. The maximum absolute atomic E-state index is 13.6. The molecule has 3 aromatic rings. The summed E-state index contributed by atoms with van der Waals surface area (Å²) in [5.74, 6) is 1.09. The number of hydrogen-bond acceptors (Lipinski definition) is 5. The third-order valence-corrected chi connectivity index (χ3v) is 9.25. The third kappa shape index (κ3) is 6.76. The Kier molecular flexibility index (Phi) is 8.62. The number of thiophene rings is 1. The van der Waals surface area contributed by atoms with Crippen molar-refractivity contribution in [1.82, 2.24) is 4.90 Å². The van der Waals surface area contributed by atoms with Crippen molar-refractivity contribution in [3.63, 3.8) is 0 Å². The highest BCUT2D eigenvalue weighted by molar-refractivity contribution is 7.16. The summed E-state index contributed by atoms with van der Waals surface area (Å²) in [6.45, 7) is 8.56. The Labute approximate surface area is 245 Å². The summed E-state index contributed by atoms with van der Waals surface area (Å²) >= 11 is 7.65. The van der Waals surface area contributed by atoms with Gasteiger partial charge in [0.1, 0.15) is 10.8 Å². The van der Waals surface area contributed by atoms with E-state index in [-0.39, 0.29) is 23.8 Å². The molecule has 2 aromatic carbocycles. The second kappa shape index (κ2) is 12.1. The Morgan fingerprint density at radius 2 is 1.80 bits per heavy atom. The number of hydrogen-bond donors (Lipinski definition) is 1. The zero-order chi connectivity index (χ0) is 28.3. The summed E-state index contributed by atoms with van der Waals surface area (Å²) < 4.78 is 5.71. The Balaban J connectivity index is 1.34. The van der Waals surface area contributed by atoms with Gasteiger partial charge in [-0.05, 0) is 103 Å². The Morgan fingerprint density at radius 1 is 1.10 bits per heavy atom. The van der Waals surface area contributed by atoms with Crippen molar-refractivity contribution in [3.8, 4) is 5.75 Å². The number of aliphatic imine (C=N–C) groups is 1. The minimum absolute atomic E-state index is 0.0305. The van der Waals surface area contributed by atoms with Gasteiger partial charge in [-0.15, -0.1) is 11.3 Å². The maximum Gasteiger partial charge on any atom is 0.260 e. The molecule has 1 aliphatic heterocycles. The van der Waals surface area contributed by atoms with E-state index >= 15 is 0 Å². The molecular weight excluding hydrogens is 542 g/mol. The number of carbonyl (C=O) groups is 2. The average molecular weight is 578 g/mol. The first-order valence-electron chi connectivity index (χ1n) is 13.9. The number of rotatable bonds is 7. The van der Waals surface area contributed by atoms with Gasteiger partial charge in [-0.1, -0.05) is 32.4 Å². The van der Waals surface area contributed by atoms with E-state index in [0.717, 1.165) is 61.3 Å². The number of carbonyl (C=O) groups excluding carboxylic acids is 2. The molecule has 5 rings (SSSR count). The van der Waals surface area contributed by atoms with E-state index in [9.17, 15) is 9.59 Å². The van der Waals surface area contributed by atoms with Gasteiger partial charge in [-0.3, -0.25) is 9.59 Å². The monoisotopic (exact) mass is 577 g/mol.